The van der Waals surface area contributed by atoms with E-state index in [0.717, 1.165) is 24.2 Å². The van der Waals surface area contributed by atoms with Crippen molar-refractivity contribution in [3.8, 4) is 22.1 Å². The van der Waals surface area contributed by atoms with Crippen molar-refractivity contribution in [2.45, 2.75) is 33.3 Å². The Balaban J connectivity index is 1.36. The molecule has 0 saturated heterocycles. The predicted octanol–water partition coefficient (Wildman–Crippen LogP) is 5.92. The molecule has 0 atom stereocenters. The third kappa shape index (κ3) is 6.72. The number of carbonyl (C=O) groups excluding carboxylic acids is 2. The first-order valence-corrected chi connectivity index (χ1v) is 14.2. The lowest BCUT2D eigenvalue weighted by atomic mass is 9.98. The third-order valence-corrected chi connectivity index (χ3v) is 7.10. The second-order valence-electron chi connectivity index (χ2n) is 9.08. The summed E-state index contributed by atoms with van der Waals surface area (Å²) in [7, 11) is 0. The van der Waals surface area contributed by atoms with Crippen LogP contribution >= 0.6 is 22.9 Å². The summed E-state index contributed by atoms with van der Waals surface area (Å²) in [6.07, 6.45) is 4.33. The molecule has 0 saturated carbocycles. The van der Waals surface area contributed by atoms with E-state index in [-0.39, 0.29) is 23.5 Å². The van der Waals surface area contributed by atoms with E-state index in [2.05, 4.69) is 25.5 Å². The lowest BCUT2D eigenvalue weighted by molar-refractivity contribution is 0.102. The minimum Gasteiger partial charge on any atom is -0.489 e. The molecule has 2 amide bonds. The minimum absolute atomic E-state index is 0.175. The van der Waals surface area contributed by atoms with Gasteiger partial charge in [0, 0.05) is 29.2 Å². The topological polar surface area (TPSA) is 129 Å². The second kappa shape index (κ2) is 12.9. The maximum absolute atomic E-state index is 13.4. The highest BCUT2D eigenvalue weighted by atomic mass is 35.5. The number of aryl methyl sites for hydroxylation is 1. The van der Waals surface area contributed by atoms with E-state index in [1.165, 1.54) is 12.4 Å². The summed E-state index contributed by atoms with van der Waals surface area (Å²) in [6.45, 7) is 5.05. The Hall–Kier alpha value is -4.29. The molecule has 1 aliphatic rings. The van der Waals surface area contributed by atoms with Crippen molar-refractivity contribution in [2.75, 3.05) is 30.0 Å². The number of ether oxygens (including phenoxy) is 3. The van der Waals surface area contributed by atoms with Crippen molar-refractivity contribution in [1.82, 2.24) is 20.2 Å². The number of hydrogen-bond acceptors (Lipinski definition) is 10. The van der Waals surface area contributed by atoms with Gasteiger partial charge in [-0.05, 0) is 48.9 Å². The first-order chi connectivity index (χ1) is 19.9. The number of hydrogen-bond donors (Lipinski definition) is 1. The molecule has 212 valence electrons. The normalized spacial score (nSPS) is 12.3. The highest BCUT2D eigenvalue weighted by molar-refractivity contribution is 7.17. The van der Waals surface area contributed by atoms with E-state index in [1.54, 1.807) is 29.2 Å². The largest absolute Gasteiger partial charge is 0.489 e. The van der Waals surface area contributed by atoms with Crippen molar-refractivity contribution in [3.63, 3.8) is 0 Å². The van der Waals surface area contributed by atoms with Gasteiger partial charge in [-0.2, -0.15) is 0 Å². The molecule has 3 aromatic heterocycles. The van der Waals surface area contributed by atoms with Gasteiger partial charge in [-0.3, -0.25) is 25.0 Å². The minimum atomic E-state index is -0.432. The molecule has 0 spiro atoms. The zero-order chi connectivity index (χ0) is 28.8. The van der Waals surface area contributed by atoms with Gasteiger partial charge in [-0.1, -0.05) is 42.2 Å². The first kappa shape index (κ1) is 28.2. The van der Waals surface area contributed by atoms with Crippen molar-refractivity contribution >= 4 is 45.8 Å². The van der Waals surface area contributed by atoms with Crippen LogP contribution in [0.1, 0.15) is 41.5 Å². The molecule has 13 heteroatoms. The quantitative estimate of drug-likeness (QED) is 0.235. The lowest BCUT2D eigenvalue weighted by Gasteiger charge is -2.30. The van der Waals surface area contributed by atoms with Crippen molar-refractivity contribution in [1.29, 1.82) is 0 Å². The Morgan fingerprint density at radius 2 is 2.02 bits per heavy atom. The summed E-state index contributed by atoms with van der Waals surface area (Å²) in [5.74, 6) is 0.0621. The molecule has 1 N–H and O–H groups in total. The maximum Gasteiger partial charge on any atom is 0.414 e. The fraction of sp³-hybridized carbons (Fsp3) is 0.286. The molecule has 0 aliphatic carbocycles. The Kier molecular flexibility index (Phi) is 8.90. The van der Waals surface area contributed by atoms with Crippen LogP contribution in [0.3, 0.4) is 0 Å². The van der Waals surface area contributed by atoms with Crippen LogP contribution in [0.15, 0.2) is 48.8 Å². The molecule has 0 radical (unpaired) electrons. The number of rotatable bonds is 9. The van der Waals surface area contributed by atoms with Crippen LogP contribution in [0, 0.1) is 6.92 Å². The number of para-hydroxylation sites is 1. The molecule has 1 aliphatic heterocycles. The van der Waals surface area contributed by atoms with Crippen LogP contribution in [0.5, 0.6) is 10.9 Å². The molecule has 41 heavy (non-hydrogen) atoms. The molecule has 5 rings (SSSR count). The van der Waals surface area contributed by atoms with Gasteiger partial charge in [0.2, 0.25) is 5.13 Å². The maximum atomic E-state index is 13.4. The number of benzene rings is 1. The number of anilines is 2. The number of amides is 2. The molecule has 1 aromatic carbocycles. The van der Waals surface area contributed by atoms with Gasteiger partial charge in [0.25, 0.3) is 11.1 Å². The smallest absolute Gasteiger partial charge is 0.414 e. The molecule has 4 heterocycles. The fourth-order valence-corrected chi connectivity index (χ4v) is 4.81. The van der Waals surface area contributed by atoms with Gasteiger partial charge < -0.3 is 14.2 Å². The zero-order valence-corrected chi connectivity index (χ0v) is 24.0. The number of nitrogens with zero attached hydrogens (tertiary/aromatic N) is 5. The monoisotopic (exact) mass is 594 g/mol. The summed E-state index contributed by atoms with van der Waals surface area (Å²) in [5.41, 5.74) is 3.52. The summed E-state index contributed by atoms with van der Waals surface area (Å²) in [6, 6.07) is 10.7. The molecule has 4 aromatic rings. The average Bonchev–Trinajstić information content (AvgIpc) is 3.43. The highest BCUT2D eigenvalue weighted by Crippen LogP contribution is 2.42. The van der Waals surface area contributed by atoms with E-state index in [1.807, 2.05) is 26.0 Å². The fourth-order valence-electron chi connectivity index (χ4n) is 4.11. The van der Waals surface area contributed by atoms with E-state index in [4.69, 9.17) is 25.8 Å². The first-order valence-electron chi connectivity index (χ1n) is 13.0. The Morgan fingerprint density at radius 3 is 2.83 bits per heavy atom. The number of fused-ring (bicyclic) bond motifs is 1. The number of pyridine rings is 2. The second-order valence-corrected chi connectivity index (χ2v) is 10.5. The summed E-state index contributed by atoms with van der Waals surface area (Å²) >= 11 is 6.95. The standard InChI is InChI=1S/C28H27ClN6O5S/c1-3-4-11-39-28(37)35-10-12-38-24-20(6-5-7-23(24)35)21-13-17(2)30-15-22(21)25(36)32-26-33-34-27(41-26)40-16-19-9-8-18(29)14-31-19/h5-9,13-15H,3-4,10-12,16H2,1-2H3,(H,32,33,36). The predicted molar refractivity (Wildman–Crippen MR) is 155 cm³/mol. The van der Waals surface area contributed by atoms with Gasteiger partial charge in [0.15, 0.2) is 5.75 Å². The molecular formula is C28H27ClN6O5S. The van der Waals surface area contributed by atoms with Gasteiger partial charge in [0.1, 0.15) is 13.2 Å². The van der Waals surface area contributed by atoms with Crippen molar-refractivity contribution in [3.05, 3.63) is 70.8 Å². The van der Waals surface area contributed by atoms with E-state index < -0.39 is 12.0 Å². The molecule has 0 fully saturated rings. The number of nitrogens with one attached hydrogen (secondary N) is 1. The van der Waals surface area contributed by atoms with Crippen LogP contribution in [0.25, 0.3) is 11.1 Å². The van der Waals surface area contributed by atoms with Crippen LogP contribution in [-0.4, -0.2) is 51.9 Å². The number of unbranched alkanes of at least 4 members (excludes halogenated alkanes) is 1. The Bertz CT molecular complexity index is 1550. The summed E-state index contributed by atoms with van der Waals surface area (Å²) < 4.78 is 17.1. The summed E-state index contributed by atoms with van der Waals surface area (Å²) in [4.78, 5) is 36.3. The van der Waals surface area contributed by atoms with Crippen molar-refractivity contribution in [2.24, 2.45) is 0 Å². The summed E-state index contributed by atoms with van der Waals surface area (Å²) in [5, 5.41) is 11.9. The molecular weight excluding hydrogens is 568 g/mol. The Morgan fingerprint density at radius 1 is 1.15 bits per heavy atom. The van der Waals surface area contributed by atoms with E-state index in [0.29, 0.717) is 57.7 Å². The van der Waals surface area contributed by atoms with Gasteiger partial charge in [-0.25, -0.2) is 4.79 Å². The molecule has 0 bridgehead atoms. The van der Waals surface area contributed by atoms with Crippen LogP contribution in [0.4, 0.5) is 15.6 Å². The average molecular weight is 595 g/mol. The molecule has 11 nitrogen and oxygen atoms in total. The van der Waals surface area contributed by atoms with Crippen LogP contribution in [-0.2, 0) is 11.3 Å². The number of carbonyl (C=O) groups is 2. The van der Waals surface area contributed by atoms with Crippen LogP contribution < -0.4 is 19.7 Å². The molecule has 0 unspecified atom stereocenters. The van der Waals surface area contributed by atoms with E-state index >= 15 is 0 Å². The van der Waals surface area contributed by atoms with Gasteiger partial charge >= 0.3 is 6.09 Å². The Labute approximate surface area is 245 Å². The van der Waals surface area contributed by atoms with Crippen molar-refractivity contribution < 1.29 is 23.8 Å². The number of halogens is 1. The number of aromatic nitrogens is 4. The highest BCUT2D eigenvalue weighted by Gasteiger charge is 2.28. The lowest BCUT2D eigenvalue weighted by Crippen LogP contribution is -2.38. The zero-order valence-electron chi connectivity index (χ0n) is 22.4. The van der Waals surface area contributed by atoms with E-state index in [9.17, 15) is 9.59 Å². The van der Waals surface area contributed by atoms with Gasteiger partial charge in [0.05, 0.1) is 35.1 Å². The van der Waals surface area contributed by atoms with Gasteiger partial charge in [-0.15, -0.1) is 5.10 Å². The SMILES string of the molecule is CCCCOC(=O)N1CCOc2c(-c3cc(C)ncc3C(=O)Nc3nnc(OCc4ccc(Cl)cn4)s3)cccc21. The van der Waals surface area contributed by atoms with Crippen LogP contribution in [0.2, 0.25) is 5.02 Å². The third-order valence-electron chi connectivity index (χ3n) is 6.12.